The van der Waals surface area contributed by atoms with Gasteiger partial charge in [0.2, 0.25) is 0 Å². The molecule has 0 aromatic rings. The number of hydrogen-bond acceptors (Lipinski definition) is 3. The van der Waals surface area contributed by atoms with Crippen molar-refractivity contribution in [2.24, 2.45) is 0 Å². The van der Waals surface area contributed by atoms with Crippen molar-refractivity contribution in [1.29, 1.82) is 0 Å². The maximum atomic E-state index is 12.2. The minimum atomic E-state index is -4.66. The van der Waals surface area contributed by atoms with E-state index >= 15 is 0 Å². The van der Waals surface area contributed by atoms with E-state index in [1.165, 1.54) is 0 Å². The van der Waals surface area contributed by atoms with E-state index in [1.54, 1.807) is 0 Å². The first-order valence-corrected chi connectivity index (χ1v) is 3.05. The van der Waals surface area contributed by atoms with Gasteiger partial charge in [-0.15, -0.1) is 0 Å². The van der Waals surface area contributed by atoms with Crippen molar-refractivity contribution in [3.8, 4) is 0 Å². The molecule has 0 saturated heterocycles. The summed E-state index contributed by atoms with van der Waals surface area (Å²) in [6, 6.07) is 0. The number of rotatable bonds is 4. The van der Waals surface area contributed by atoms with Crippen LogP contribution in [0.1, 0.15) is 6.92 Å². The van der Waals surface area contributed by atoms with E-state index in [1.807, 2.05) is 0 Å². The van der Waals surface area contributed by atoms with Gasteiger partial charge >= 0.3 is 12.0 Å². The Labute approximate surface area is 110 Å². The van der Waals surface area contributed by atoms with Crippen LogP contribution < -0.4 is 0 Å². The van der Waals surface area contributed by atoms with Gasteiger partial charge in [0.1, 0.15) is 0 Å². The van der Waals surface area contributed by atoms with Gasteiger partial charge in [0.15, 0.2) is 12.8 Å². The molecule has 0 rings (SSSR count). The molecule has 0 spiro atoms. The molecular formula is C7H10F4O3Y-2. The Morgan fingerprint density at radius 3 is 2.00 bits per heavy atom. The molecule has 0 fully saturated rings. The average molecular weight is 307 g/mol. The van der Waals surface area contributed by atoms with Crippen LogP contribution in [-0.2, 0) is 47.0 Å². The second kappa shape index (κ2) is 7.41. The fourth-order valence-corrected chi connectivity index (χ4v) is 0.296. The molecule has 0 aliphatic rings. The van der Waals surface area contributed by atoms with Crippen molar-refractivity contribution in [1.82, 2.24) is 0 Å². The fraction of sp³-hybridized carbons (Fsp3) is 0.571. The number of ether oxygens (including phenoxy) is 2. The molecule has 0 aliphatic heterocycles. The first-order chi connectivity index (χ1) is 5.67. The smallest absolute Gasteiger partial charge is 0.421 e. The van der Waals surface area contributed by atoms with Gasteiger partial charge in [0, 0.05) is 39.6 Å². The second-order valence-corrected chi connectivity index (χ2v) is 2.18. The van der Waals surface area contributed by atoms with Crippen LogP contribution in [0.15, 0.2) is 0 Å². The minimum absolute atomic E-state index is 0. The van der Waals surface area contributed by atoms with Gasteiger partial charge in [-0.3, -0.25) is 16.5 Å². The molecule has 0 unspecified atom stereocenters. The minimum Gasteiger partial charge on any atom is -0.462 e. The molecule has 0 atom stereocenters. The van der Waals surface area contributed by atoms with Crippen LogP contribution in [0.3, 0.4) is 0 Å². The summed E-state index contributed by atoms with van der Waals surface area (Å²) in [5, 5.41) is 0. The molecule has 0 aromatic heterocycles. The van der Waals surface area contributed by atoms with Crippen LogP contribution in [0.5, 0.6) is 0 Å². The molecule has 3 nitrogen and oxygen atoms in total. The third kappa shape index (κ3) is 7.99. The standard InChI is InChI=1S/C6H7F4O3.CH3.Y/c1-4(11)12-3-13-6(9,10)5(2,7)8;;/h1,3H2,2H3;1H3;/q2*-1;. The fourth-order valence-electron chi connectivity index (χ4n) is 0.296. The number of halogens is 4. The Kier molecular flexibility index (Phi) is 10.1. The van der Waals surface area contributed by atoms with Gasteiger partial charge in [-0.25, -0.2) is 0 Å². The van der Waals surface area contributed by atoms with Crippen molar-refractivity contribution < 1.29 is 64.5 Å². The Morgan fingerprint density at radius 2 is 1.73 bits per heavy atom. The van der Waals surface area contributed by atoms with Crippen molar-refractivity contribution in [2.45, 2.75) is 19.0 Å². The first-order valence-electron chi connectivity index (χ1n) is 3.05. The summed E-state index contributed by atoms with van der Waals surface area (Å²) < 4.78 is 55.5. The molecule has 15 heavy (non-hydrogen) atoms. The quantitative estimate of drug-likeness (QED) is 0.345. The summed E-state index contributed by atoms with van der Waals surface area (Å²) in [7, 11) is 0. The molecule has 0 aliphatic carbocycles. The predicted molar refractivity (Wildman–Crippen MR) is 39.4 cm³/mol. The van der Waals surface area contributed by atoms with Crippen LogP contribution in [0.4, 0.5) is 17.6 Å². The Bertz CT molecular complexity index is 193. The Hall–Kier alpha value is 0.124. The van der Waals surface area contributed by atoms with Crippen molar-refractivity contribution >= 4 is 5.97 Å². The summed E-state index contributed by atoms with van der Waals surface area (Å²) in [6.07, 6.45) is -4.66. The van der Waals surface area contributed by atoms with E-state index < -0.39 is 24.8 Å². The summed E-state index contributed by atoms with van der Waals surface area (Å²) >= 11 is 0. The predicted octanol–water partition coefficient (Wildman–Crippen LogP) is 2.03. The zero-order chi connectivity index (χ0) is 10.7. The number of esters is 1. The first kappa shape index (κ1) is 20.5. The van der Waals surface area contributed by atoms with Gasteiger partial charge < -0.3 is 12.2 Å². The van der Waals surface area contributed by atoms with Gasteiger partial charge in [-0.05, 0) is 0 Å². The zero-order valence-electron chi connectivity index (χ0n) is 8.23. The Morgan fingerprint density at radius 1 is 1.33 bits per heavy atom. The molecule has 0 aromatic carbocycles. The average Bonchev–Trinajstić information content (AvgIpc) is 1.82. The van der Waals surface area contributed by atoms with Gasteiger partial charge in [0.05, 0.1) is 0 Å². The third-order valence-corrected chi connectivity index (χ3v) is 0.971. The van der Waals surface area contributed by atoms with E-state index in [0.29, 0.717) is 0 Å². The van der Waals surface area contributed by atoms with Crippen LogP contribution in [0.25, 0.3) is 0 Å². The van der Waals surface area contributed by atoms with Gasteiger partial charge in [0.25, 0.3) is 0 Å². The molecule has 0 saturated carbocycles. The zero-order valence-corrected chi connectivity index (χ0v) is 11.1. The van der Waals surface area contributed by atoms with E-state index in [4.69, 9.17) is 0 Å². The number of alkyl halides is 4. The molecule has 0 amide bonds. The molecular weight excluding hydrogens is 297 g/mol. The molecule has 8 heteroatoms. The largest absolute Gasteiger partial charge is 0.462 e. The van der Waals surface area contributed by atoms with E-state index in [2.05, 4.69) is 16.4 Å². The second-order valence-electron chi connectivity index (χ2n) is 2.18. The summed E-state index contributed by atoms with van der Waals surface area (Å²) in [4.78, 5) is 9.93. The van der Waals surface area contributed by atoms with Crippen molar-refractivity contribution in [2.75, 3.05) is 6.79 Å². The maximum Gasteiger partial charge on any atom is 0.421 e. The summed E-state index contributed by atoms with van der Waals surface area (Å²) in [6.45, 7) is 1.37. The van der Waals surface area contributed by atoms with Gasteiger partial charge in [-0.1, -0.05) is 0 Å². The van der Waals surface area contributed by atoms with E-state index in [-0.39, 0.29) is 47.1 Å². The number of carbonyl (C=O) groups is 1. The van der Waals surface area contributed by atoms with E-state index in [0.717, 1.165) is 0 Å². The summed E-state index contributed by atoms with van der Waals surface area (Å²) in [5.41, 5.74) is 0. The van der Waals surface area contributed by atoms with Gasteiger partial charge in [-0.2, -0.15) is 17.6 Å². The van der Waals surface area contributed by atoms with Crippen molar-refractivity contribution in [3.05, 3.63) is 14.4 Å². The van der Waals surface area contributed by atoms with Crippen LogP contribution in [0.2, 0.25) is 0 Å². The Balaban J connectivity index is -0.000000720. The van der Waals surface area contributed by atoms with Crippen LogP contribution >= 0.6 is 0 Å². The molecule has 89 valence electrons. The number of carbonyl (C=O) groups excluding carboxylic acids is 1. The topological polar surface area (TPSA) is 35.5 Å². The maximum absolute atomic E-state index is 12.2. The van der Waals surface area contributed by atoms with E-state index in [9.17, 15) is 22.4 Å². The molecule has 0 bridgehead atoms. The monoisotopic (exact) mass is 307 g/mol. The SMILES string of the molecule is [CH2-]C(=O)OCOC(F)(F)C(C)(F)F.[CH3-].[Y]. The molecule has 1 radical (unpaired) electrons. The normalized spacial score (nSPS) is 11.0. The number of hydrogen-bond donors (Lipinski definition) is 0. The van der Waals surface area contributed by atoms with Crippen LogP contribution in [0, 0.1) is 14.4 Å². The van der Waals surface area contributed by atoms with Crippen molar-refractivity contribution in [3.63, 3.8) is 0 Å². The van der Waals surface area contributed by atoms with Crippen LogP contribution in [-0.4, -0.2) is 24.8 Å². The third-order valence-electron chi connectivity index (χ3n) is 0.971. The summed E-state index contributed by atoms with van der Waals surface area (Å²) in [5.74, 6) is -5.48. The molecule has 0 heterocycles. The molecule has 0 N–H and O–H groups in total.